The standard InChI is InChI=1S/C20H24N2O6/c1-20(2,3)28-19(25)22-10-9-21-16-7-5-13(18(24)26-4)11-15(16)17-8-6-14(12-23)27-17/h5-8,11-12,21H,9-10H2,1-4H3,(H,22,25). The Labute approximate surface area is 163 Å². The summed E-state index contributed by atoms with van der Waals surface area (Å²) in [6.07, 6.45) is 0.100. The quantitative estimate of drug-likeness (QED) is 0.425. The number of alkyl carbamates (subject to hydrolysis) is 1. The van der Waals surface area contributed by atoms with Crippen molar-refractivity contribution in [3.63, 3.8) is 0 Å². The van der Waals surface area contributed by atoms with Crippen molar-refractivity contribution in [1.82, 2.24) is 5.32 Å². The van der Waals surface area contributed by atoms with Crippen LogP contribution in [0.4, 0.5) is 10.5 Å². The molecular formula is C20H24N2O6. The topological polar surface area (TPSA) is 107 Å². The van der Waals surface area contributed by atoms with Gasteiger partial charge < -0.3 is 24.5 Å². The minimum atomic E-state index is -0.566. The van der Waals surface area contributed by atoms with E-state index in [0.717, 1.165) is 0 Å². The average molecular weight is 388 g/mol. The van der Waals surface area contributed by atoms with Crippen LogP contribution in [0.5, 0.6) is 0 Å². The molecule has 0 unspecified atom stereocenters. The lowest BCUT2D eigenvalue weighted by molar-refractivity contribution is 0.0528. The van der Waals surface area contributed by atoms with Crippen molar-refractivity contribution in [2.45, 2.75) is 26.4 Å². The fourth-order valence-corrected chi connectivity index (χ4v) is 2.38. The van der Waals surface area contributed by atoms with Gasteiger partial charge in [-0.25, -0.2) is 9.59 Å². The molecule has 0 bridgehead atoms. The number of aldehydes is 1. The first-order valence-corrected chi connectivity index (χ1v) is 8.72. The smallest absolute Gasteiger partial charge is 0.407 e. The number of carbonyl (C=O) groups excluding carboxylic acids is 3. The van der Waals surface area contributed by atoms with E-state index in [0.29, 0.717) is 42.0 Å². The maximum atomic E-state index is 11.8. The fraction of sp³-hybridized carbons (Fsp3) is 0.350. The van der Waals surface area contributed by atoms with E-state index in [4.69, 9.17) is 13.9 Å². The molecule has 8 heteroatoms. The Morgan fingerprint density at radius 2 is 1.89 bits per heavy atom. The van der Waals surface area contributed by atoms with Gasteiger partial charge in [0.1, 0.15) is 11.4 Å². The third kappa shape index (κ3) is 5.87. The largest absolute Gasteiger partial charge is 0.465 e. The maximum Gasteiger partial charge on any atom is 0.407 e. The molecule has 2 rings (SSSR count). The molecule has 1 aromatic heterocycles. The molecule has 2 N–H and O–H groups in total. The Morgan fingerprint density at radius 1 is 1.14 bits per heavy atom. The van der Waals surface area contributed by atoms with Crippen molar-refractivity contribution in [1.29, 1.82) is 0 Å². The Kier molecular flexibility index (Phi) is 6.81. The summed E-state index contributed by atoms with van der Waals surface area (Å²) in [7, 11) is 1.30. The number of rotatable bonds is 7. The van der Waals surface area contributed by atoms with E-state index >= 15 is 0 Å². The van der Waals surface area contributed by atoms with E-state index in [-0.39, 0.29) is 5.76 Å². The number of hydrogen-bond acceptors (Lipinski definition) is 7. The molecular weight excluding hydrogens is 364 g/mol. The molecule has 2 aromatic rings. The van der Waals surface area contributed by atoms with Crippen LogP contribution in [0, 0.1) is 0 Å². The Morgan fingerprint density at radius 3 is 2.50 bits per heavy atom. The van der Waals surface area contributed by atoms with Crippen molar-refractivity contribution >= 4 is 24.0 Å². The normalized spacial score (nSPS) is 10.9. The molecule has 1 amide bonds. The molecule has 28 heavy (non-hydrogen) atoms. The van der Waals surface area contributed by atoms with E-state index in [2.05, 4.69) is 10.6 Å². The zero-order chi connectivity index (χ0) is 20.7. The predicted octanol–water partition coefficient (Wildman–Crippen LogP) is 3.48. The summed E-state index contributed by atoms with van der Waals surface area (Å²) < 4.78 is 15.4. The highest BCUT2D eigenvalue weighted by Crippen LogP contribution is 2.30. The van der Waals surface area contributed by atoms with Gasteiger partial charge in [0, 0.05) is 24.3 Å². The summed E-state index contributed by atoms with van der Waals surface area (Å²) >= 11 is 0. The van der Waals surface area contributed by atoms with Crippen LogP contribution in [0.25, 0.3) is 11.3 Å². The van der Waals surface area contributed by atoms with Gasteiger partial charge in [-0.3, -0.25) is 4.79 Å². The second-order valence-corrected chi connectivity index (χ2v) is 6.93. The average Bonchev–Trinajstić information content (AvgIpc) is 3.12. The van der Waals surface area contributed by atoms with Crippen LogP contribution in [-0.4, -0.2) is 44.1 Å². The molecule has 1 aromatic carbocycles. The fourth-order valence-electron chi connectivity index (χ4n) is 2.38. The predicted molar refractivity (Wildman–Crippen MR) is 104 cm³/mol. The number of furan rings is 1. The van der Waals surface area contributed by atoms with Crippen LogP contribution in [0.2, 0.25) is 0 Å². The van der Waals surface area contributed by atoms with Crippen molar-refractivity contribution in [2.24, 2.45) is 0 Å². The van der Waals surface area contributed by atoms with E-state index in [1.165, 1.54) is 7.11 Å². The SMILES string of the molecule is COC(=O)c1ccc(NCCNC(=O)OC(C)(C)C)c(-c2ccc(C=O)o2)c1. The van der Waals surface area contributed by atoms with Gasteiger partial charge in [-0.2, -0.15) is 0 Å². The van der Waals surface area contributed by atoms with E-state index in [1.807, 2.05) is 0 Å². The first-order valence-electron chi connectivity index (χ1n) is 8.72. The van der Waals surface area contributed by atoms with Gasteiger partial charge >= 0.3 is 12.1 Å². The molecule has 0 saturated heterocycles. The lowest BCUT2D eigenvalue weighted by Crippen LogP contribution is -2.35. The lowest BCUT2D eigenvalue weighted by atomic mass is 10.1. The molecule has 0 spiro atoms. The molecule has 0 aliphatic rings. The number of ether oxygens (including phenoxy) is 2. The number of benzene rings is 1. The van der Waals surface area contributed by atoms with Gasteiger partial charge in [0.2, 0.25) is 0 Å². The molecule has 1 heterocycles. The molecule has 0 aliphatic carbocycles. The molecule has 8 nitrogen and oxygen atoms in total. The minimum absolute atomic E-state index is 0.177. The monoisotopic (exact) mass is 388 g/mol. The van der Waals surface area contributed by atoms with Gasteiger partial charge in [-0.15, -0.1) is 0 Å². The van der Waals surface area contributed by atoms with Crippen LogP contribution in [0.3, 0.4) is 0 Å². The summed E-state index contributed by atoms with van der Waals surface area (Å²) in [5.41, 5.74) is 1.04. The third-order valence-electron chi connectivity index (χ3n) is 3.56. The maximum absolute atomic E-state index is 11.8. The van der Waals surface area contributed by atoms with Gasteiger partial charge in [0.05, 0.1) is 12.7 Å². The van der Waals surface area contributed by atoms with Gasteiger partial charge in [0.25, 0.3) is 0 Å². The Balaban J connectivity index is 2.11. The van der Waals surface area contributed by atoms with Gasteiger partial charge in [-0.05, 0) is 51.1 Å². The second kappa shape index (κ2) is 9.07. The summed E-state index contributed by atoms with van der Waals surface area (Å²) in [4.78, 5) is 34.4. The van der Waals surface area contributed by atoms with Crippen molar-refractivity contribution in [2.75, 3.05) is 25.5 Å². The van der Waals surface area contributed by atoms with Crippen molar-refractivity contribution in [3.8, 4) is 11.3 Å². The van der Waals surface area contributed by atoms with E-state index in [1.54, 1.807) is 51.1 Å². The van der Waals surface area contributed by atoms with Crippen LogP contribution < -0.4 is 10.6 Å². The van der Waals surface area contributed by atoms with Crippen LogP contribution in [-0.2, 0) is 9.47 Å². The molecule has 150 valence electrons. The number of anilines is 1. The first-order chi connectivity index (χ1) is 13.2. The summed E-state index contributed by atoms with van der Waals surface area (Å²) in [6.45, 7) is 6.10. The number of esters is 1. The third-order valence-corrected chi connectivity index (χ3v) is 3.56. The number of carbonyl (C=O) groups is 3. The number of hydrogen-bond donors (Lipinski definition) is 2. The van der Waals surface area contributed by atoms with Crippen LogP contribution >= 0.6 is 0 Å². The number of nitrogens with one attached hydrogen (secondary N) is 2. The highest BCUT2D eigenvalue weighted by Gasteiger charge is 2.16. The van der Waals surface area contributed by atoms with E-state index < -0.39 is 17.7 Å². The Bertz CT molecular complexity index is 851. The van der Waals surface area contributed by atoms with Crippen molar-refractivity contribution in [3.05, 3.63) is 41.7 Å². The van der Waals surface area contributed by atoms with E-state index in [9.17, 15) is 14.4 Å². The second-order valence-electron chi connectivity index (χ2n) is 6.93. The van der Waals surface area contributed by atoms with Crippen LogP contribution in [0.15, 0.2) is 34.7 Å². The zero-order valence-corrected chi connectivity index (χ0v) is 16.3. The molecule has 0 atom stereocenters. The highest BCUT2D eigenvalue weighted by molar-refractivity contribution is 5.93. The lowest BCUT2D eigenvalue weighted by Gasteiger charge is -2.20. The summed E-state index contributed by atoms with van der Waals surface area (Å²) in [6, 6.07) is 8.12. The summed E-state index contributed by atoms with van der Waals surface area (Å²) in [5, 5.41) is 5.82. The summed E-state index contributed by atoms with van der Waals surface area (Å²) in [5.74, 6) is 0.119. The molecule has 0 aliphatic heterocycles. The molecule has 0 radical (unpaired) electrons. The number of amides is 1. The molecule has 0 saturated carbocycles. The minimum Gasteiger partial charge on any atom is -0.465 e. The van der Waals surface area contributed by atoms with Gasteiger partial charge in [0.15, 0.2) is 12.0 Å². The molecule has 0 fully saturated rings. The Hall–Kier alpha value is -3.29. The van der Waals surface area contributed by atoms with Crippen molar-refractivity contribution < 1.29 is 28.3 Å². The van der Waals surface area contributed by atoms with Crippen LogP contribution in [0.1, 0.15) is 41.7 Å². The highest BCUT2D eigenvalue weighted by atomic mass is 16.6. The van der Waals surface area contributed by atoms with Gasteiger partial charge in [-0.1, -0.05) is 0 Å². The number of methoxy groups -OCH3 is 1. The zero-order valence-electron chi connectivity index (χ0n) is 16.3. The first kappa shape index (κ1) is 21.0.